The van der Waals surface area contributed by atoms with Crippen molar-refractivity contribution in [3.63, 3.8) is 0 Å². The lowest BCUT2D eigenvalue weighted by Crippen LogP contribution is -2.05. The highest BCUT2D eigenvalue weighted by Crippen LogP contribution is 2.35. The van der Waals surface area contributed by atoms with Gasteiger partial charge in [0.25, 0.3) is 0 Å². The highest BCUT2D eigenvalue weighted by atomic mass is 35.5. The Balaban J connectivity index is 3.03. The van der Waals surface area contributed by atoms with Crippen molar-refractivity contribution in [2.45, 2.75) is 12.6 Å². The predicted molar refractivity (Wildman–Crippen MR) is 56.2 cm³/mol. The van der Waals surface area contributed by atoms with E-state index in [0.717, 1.165) is 6.07 Å². The van der Waals surface area contributed by atoms with Gasteiger partial charge in [-0.1, -0.05) is 29.8 Å². The fourth-order valence-electron chi connectivity index (χ4n) is 1.12. The fraction of sp³-hybridized carbons (Fsp3) is 0.182. The third kappa shape index (κ3) is 3.38. The van der Waals surface area contributed by atoms with Gasteiger partial charge in [-0.25, -0.2) is 0 Å². The van der Waals surface area contributed by atoms with Gasteiger partial charge in [-0.3, -0.25) is 0 Å². The predicted octanol–water partition coefficient (Wildman–Crippen LogP) is 3.96. The zero-order valence-electron chi connectivity index (χ0n) is 8.09. The fourth-order valence-corrected chi connectivity index (χ4v) is 1.35. The first-order valence-corrected chi connectivity index (χ1v) is 4.80. The number of hydrogen-bond donors (Lipinski definition) is 0. The van der Waals surface area contributed by atoms with Gasteiger partial charge in [-0.2, -0.15) is 13.2 Å². The molecule has 0 aliphatic rings. The molecule has 0 fully saturated rings. The van der Waals surface area contributed by atoms with Crippen LogP contribution in [0.3, 0.4) is 0 Å². The molecule has 0 aliphatic carbocycles. The normalized spacial score (nSPS) is 12.0. The van der Waals surface area contributed by atoms with Crippen LogP contribution in [0.25, 0.3) is 6.08 Å². The highest BCUT2D eigenvalue weighted by molar-refractivity contribution is 6.31. The number of rotatable bonds is 3. The number of benzene rings is 1. The van der Waals surface area contributed by atoms with Crippen LogP contribution in [-0.2, 0) is 11.0 Å². The maximum atomic E-state index is 12.5. The van der Waals surface area contributed by atoms with Crippen LogP contribution in [0.1, 0.15) is 17.5 Å². The average Bonchev–Trinajstić information content (AvgIpc) is 2.19. The average molecular weight is 249 g/mol. The molecule has 1 aromatic carbocycles. The van der Waals surface area contributed by atoms with Gasteiger partial charge in [0, 0.05) is 6.42 Å². The third-order valence-corrected chi connectivity index (χ3v) is 2.17. The summed E-state index contributed by atoms with van der Waals surface area (Å²) >= 11 is 5.44. The van der Waals surface area contributed by atoms with Gasteiger partial charge in [-0.05, 0) is 17.7 Å². The van der Waals surface area contributed by atoms with E-state index >= 15 is 0 Å². The first-order chi connectivity index (χ1) is 7.45. The van der Waals surface area contributed by atoms with Crippen LogP contribution in [-0.4, -0.2) is 6.29 Å². The standard InChI is InChI=1S/C11H8ClF3O/c12-10-5-4-8(3-1-2-6-16)7-9(10)11(13,14)15/h1,3-7H,2H2. The molecule has 1 rings (SSSR count). The lowest BCUT2D eigenvalue weighted by molar-refractivity contribution is -0.137. The molecule has 0 amide bonds. The minimum absolute atomic E-state index is 0.171. The maximum absolute atomic E-state index is 12.5. The van der Waals surface area contributed by atoms with Crippen LogP contribution < -0.4 is 0 Å². The molecule has 1 nitrogen and oxygen atoms in total. The molecule has 0 radical (unpaired) electrons. The Bertz CT molecular complexity index is 410. The molecule has 0 bridgehead atoms. The monoisotopic (exact) mass is 248 g/mol. The summed E-state index contributed by atoms with van der Waals surface area (Å²) < 4.78 is 37.4. The van der Waals surface area contributed by atoms with Crippen LogP contribution >= 0.6 is 11.6 Å². The molecule has 0 spiro atoms. The van der Waals surface area contributed by atoms with E-state index in [1.54, 1.807) is 0 Å². The number of hydrogen-bond acceptors (Lipinski definition) is 1. The topological polar surface area (TPSA) is 17.1 Å². The molecule has 0 unspecified atom stereocenters. The molecule has 16 heavy (non-hydrogen) atoms. The molecule has 0 saturated carbocycles. The van der Waals surface area contributed by atoms with Crippen LogP contribution in [0.2, 0.25) is 5.02 Å². The zero-order valence-corrected chi connectivity index (χ0v) is 8.85. The maximum Gasteiger partial charge on any atom is 0.417 e. The van der Waals surface area contributed by atoms with Gasteiger partial charge < -0.3 is 4.79 Å². The van der Waals surface area contributed by atoms with Crippen molar-refractivity contribution >= 4 is 24.0 Å². The Morgan fingerprint density at radius 1 is 1.31 bits per heavy atom. The zero-order chi connectivity index (χ0) is 12.2. The Labute approximate surface area is 95.5 Å². The molecule has 0 saturated heterocycles. The second kappa shape index (κ2) is 5.16. The third-order valence-electron chi connectivity index (χ3n) is 1.84. The summed E-state index contributed by atoms with van der Waals surface area (Å²) in [4.78, 5) is 10.0. The smallest absolute Gasteiger partial charge is 0.303 e. The van der Waals surface area contributed by atoms with Gasteiger partial charge in [0.2, 0.25) is 0 Å². The number of allylic oxidation sites excluding steroid dienone is 1. The number of aldehydes is 1. The highest BCUT2D eigenvalue weighted by Gasteiger charge is 2.33. The van der Waals surface area contributed by atoms with Crippen molar-refractivity contribution in [2.75, 3.05) is 0 Å². The molecular weight excluding hydrogens is 241 g/mol. The molecule has 0 N–H and O–H groups in total. The van der Waals surface area contributed by atoms with E-state index in [1.165, 1.54) is 24.3 Å². The molecule has 5 heteroatoms. The summed E-state index contributed by atoms with van der Waals surface area (Å²) in [5.41, 5.74) is -0.513. The lowest BCUT2D eigenvalue weighted by Gasteiger charge is -2.09. The van der Waals surface area contributed by atoms with Gasteiger partial charge in [-0.15, -0.1) is 0 Å². The summed E-state index contributed by atoms with van der Waals surface area (Å²) in [5.74, 6) is 0. The van der Waals surface area contributed by atoms with Crippen LogP contribution in [0, 0.1) is 0 Å². The lowest BCUT2D eigenvalue weighted by atomic mass is 10.1. The summed E-state index contributed by atoms with van der Waals surface area (Å²) in [7, 11) is 0. The van der Waals surface area contributed by atoms with Gasteiger partial charge in [0.15, 0.2) is 0 Å². The Hall–Kier alpha value is -1.29. The molecular formula is C11H8ClF3O. The first-order valence-electron chi connectivity index (χ1n) is 4.42. The Kier molecular flexibility index (Phi) is 4.12. The largest absolute Gasteiger partial charge is 0.417 e. The van der Waals surface area contributed by atoms with Crippen LogP contribution in [0.4, 0.5) is 13.2 Å². The van der Waals surface area contributed by atoms with E-state index in [4.69, 9.17) is 11.6 Å². The summed E-state index contributed by atoms with van der Waals surface area (Å²) in [6.45, 7) is 0. The number of carbonyl (C=O) groups excluding carboxylic acids is 1. The molecule has 86 valence electrons. The van der Waals surface area contributed by atoms with Crippen molar-refractivity contribution in [2.24, 2.45) is 0 Å². The number of halogens is 4. The summed E-state index contributed by atoms with van der Waals surface area (Å²) in [5, 5.41) is -0.333. The SMILES string of the molecule is O=CCC=Cc1ccc(Cl)c(C(F)(F)F)c1. The molecule has 0 heterocycles. The second-order valence-corrected chi connectivity index (χ2v) is 3.45. The van der Waals surface area contributed by atoms with E-state index in [1.807, 2.05) is 0 Å². The van der Waals surface area contributed by atoms with Crippen LogP contribution in [0.15, 0.2) is 24.3 Å². The van der Waals surface area contributed by atoms with E-state index in [9.17, 15) is 18.0 Å². The minimum Gasteiger partial charge on any atom is -0.303 e. The van der Waals surface area contributed by atoms with Crippen molar-refractivity contribution in [3.05, 3.63) is 40.4 Å². The summed E-state index contributed by atoms with van der Waals surface area (Å²) in [6, 6.07) is 3.59. The van der Waals surface area contributed by atoms with E-state index < -0.39 is 11.7 Å². The van der Waals surface area contributed by atoms with E-state index in [2.05, 4.69) is 0 Å². The minimum atomic E-state index is -4.47. The number of alkyl halides is 3. The van der Waals surface area contributed by atoms with Crippen molar-refractivity contribution in [1.82, 2.24) is 0 Å². The second-order valence-electron chi connectivity index (χ2n) is 3.04. The molecule has 0 aromatic heterocycles. The molecule has 0 aliphatic heterocycles. The van der Waals surface area contributed by atoms with Crippen molar-refractivity contribution in [3.8, 4) is 0 Å². The van der Waals surface area contributed by atoms with E-state index in [-0.39, 0.29) is 11.4 Å². The van der Waals surface area contributed by atoms with Gasteiger partial charge in [0.05, 0.1) is 10.6 Å². The van der Waals surface area contributed by atoms with Crippen molar-refractivity contribution < 1.29 is 18.0 Å². The molecule has 0 atom stereocenters. The number of carbonyl (C=O) groups is 1. The van der Waals surface area contributed by atoms with Gasteiger partial charge in [0.1, 0.15) is 6.29 Å². The Morgan fingerprint density at radius 2 is 2.00 bits per heavy atom. The van der Waals surface area contributed by atoms with Gasteiger partial charge >= 0.3 is 6.18 Å². The van der Waals surface area contributed by atoms with Crippen LogP contribution in [0.5, 0.6) is 0 Å². The van der Waals surface area contributed by atoms with E-state index in [0.29, 0.717) is 11.8 Å². The molecule has 1 aromatic rings. The van der Waals surface area contributed by atoms with Crippen molar-refractivity contribution in [1.29, 1.82) is 0 Å². The quantitative estimate of drug-likeness (QED) is 0.740. The Morgan fingerprint density at radius 3 is 2.56 bits per heavy atom. The first kappa shape index (κ1) is 12.8. The summed E-state index contributed by atoms with van der Waals surface area (Å²) in [6.07, 6.45) is -0.705.